The Bertz CT molecular complexity index is 636. The van der Waals surface area contributed by atoms with E-state index < -0.39 is 0 Å². The molecule has 2 saturated heterocycles. The lowest BCUT2D eigenvalue weighted by Gasteiger charge is -2.36. The molecule has 0 bridgehead atoms. The summed E-state index contributed by atoms with van der Waals surface area (Å²) in [5, 5.41) is 4.15. The van der Waals surface area contributed by atoms with Gasteiger partial charge in [-0.2, -0.15) is 4.98 Å². The van der Waals surface area contributed by atoms with Crippen LogP contribution in [0.5, 0.6) is 0 Å². The van der Waals surface area contributed by atoms with Crippen LogP contribution in [0.4, 0.5) is 0 Å². The molecule has 4 rings (SSSR count). The number of nitrogens with zero attached hydrogens (tertiary/aromatic N) is 4. The van der Waals surface area contributed by atoms with Crippen molar-refractivity contribution in [1.82, 2.24) is 19.9 Å². The van der Waals surface area contributed by atoms with Crippen molar-refractivity contribution in [3.63, 3.8) is 0 Å². The fourth-order valence-corrected chi connectivity index (χ4v) is 3.98. The number of hydrogen-bond donors (Lipinski definition) is 0. The predicted octanol–water partition coefficient (Wildman–Crippen LogP) is 2.72. The monoisotopic (exact) mass is 326 g/mol. The third kappa shape index (κ3) is 3.84. The van der Waals surface area contributed by atoms with Crippen molar-refractivity contribution in [2.45, 2.75) is 44.7 Å². The normalized spacial score (nSPS) is 22.9. The van der Waals surface area contributed by atoms with E-state index in [1.54, 1.807) is 0 Å². The average Bonchev–Trinajstić information content (AvgIpc) is 3.28. The van der Waals surface area contributed by atoms with E-state index in [1.807, 2.05) is 18.2 Å². The molecular weight excluding hydrogens is 300 g/mol. The maximum Gasteiger partial charge on any atom is 0.240 e. The molecule has 24 heavy (non-hydrogen) atoms. The summed E-state index contributed by atoms with van der Waals surface area (Å²) < 4.78 is 5.48. The third-order valence-corrected chi connectivity index (χ3v) is 5.21. The molecule has 3 heterocycles. The SMILES string of the molecule is c1ccc(Cc2noc(CN3CCC[C@H](N4CCCC4)C3)n2)cc1. The van der Waals surface area contributed by atoms with Crippen LogP contribution in [0.25, 0.3) is 0 Å². The Morgan fingerprint density at radius 3 is 2.71 bits per heavy atom. The average molecular weight is 326 g/mol. The van der Waals surface area contributed by atoms with Crippen LogP contribution in [-0.2, 0) is 13.0 Å². The van der Waals surface area contributed by atoms with Gasteiger partial charge >= 0.3 is 0 Å². The van der Waals surface area contributed by atoms with Gasteiger partial charge in [0.1, 0.15) is 0 Å². The minimum atomic E-state index is 0.716. The van der Waals surface area contributed by atoms with Crippen LogP contribution in [0, 0.1) is 0 Å². The van der Waals surface area contributed by atoms with Crippen LogP contribution < -0.4 is 0 Å². The first kappa shape index (κ1) is 15.8. The minimum Gasteiger partial charge on any atom is -0.338 e. The van der Waals surface area contributed by atoms with Crippen LogP contribution in [-0.4, -0.2) is 52.2 Å². The molecule has 1 atom stereocenters. The van der Waals surface area contributed by atoms with Gasteiger partial charge in [-0.3, -0.25) is 9.80 Å². The Hall–Kier alpha value is -1.72. The number of likely N-dealkylation sites (tertiary alicyclic amines) is 2. The van der Waals surface area contributed by atoms with Gasteiger partial charge in [0.15, 0.2) is 5.82 Å². The molecule has 0 radical (unpaired) electrons. The summed E-state index contributed by atoms with van der Waals surface area (Å²) in [7, 11) is 0. The number of aromatic nitrogens is 2. The highest BCUT2D eigenvalue weighted by atomic mass is 16.5. The van der Waals surface area contributed by atoms with Crippen LogP contribution in [0.3, 0.4) is 0 Å². The fourth-order valence-electron chi connectivity index (χ4n) is 3.98. The summed E-state index contributed by atoms with van der Waals surface area (Å²) >= 11 is 0. The zero-order chi connectivity index (χ0) is 16.2. The van der Waals surface area contributed by atoms with E-state index in [9.17, 15) is 0 Å². The van der Waals surface area contributed by atoms with Crippen molar-refractivity contribution in [2.24, 2.45) is 0 Å². The molecular formula is C19H26N4O. The molecule has 0 amide bonds. The quantitative estimate of drug-likeness (QED) is 0.845. The Morgan fingerprint density at radius 2 is 1.88 bits per heavy atom. The van der Waals surface area contributed by atoms with Crippen LogP contribution in [0.15, 0.2) is 34.9 Å². The Kier molecular flexibility index (Phi) is 4.90. The van der Waals surface area contributed by atoms with Crippen LogP contribution in [0.2, 0.25) is 0 Å². The molecule has 5 heteroatoms. The Morgan fingerprint density at radius 1 is 1.04 bits per heavy atom. The van der Waals surface area contributed by atoms with Gasteiger partial charge in [0, 0.05) is 19.0 Å². The summed E-state index contributed by atoms with van der Waals surface area (Å²) in [5.41, 5.74) is 1.22. The standard InChI is InChI=1S/C19H26N4O/c1-2-7-16(8-3-1)13-18-20-19(24-21-18)15-22-10-6-9-17(14-22)23-11-4-5-12-23/h1-3,7-8,17H,4-6,9-15H2/t17-/m0/s1. The zero-order valence-corrected chi connectivity index (χ0v) is 14.2. The summed E-state index contributed by atoms with van der Waals surface area (Å²) in [6, 6.07) is 11.0. The number of benzene rings is 1. The molecule has 128 valence electrons. The van der Waals surface area contributed by atoms with E-state index in [1.165, 1.54) is 44.3 Å². The van der Waals surface area contributed by atoms with Gasteiger partial charge in [0.2, 0.25) is 5.89 Å². The zero-order valence-electron chi connectivity index (χ0n) is 14.2. The molecule has 5 nitrogen and oxygen atoms in total. The van der Waals surface area contributed by atoms with Crippen molar-refractivity contribution in [3.05, 3.63) is 47.6 Å². The number of piperidine rings is 1. The summed E-state index contributed by atoms with van der Waals surface area (Å²) in [4.78, 5) is 9.74. The van der Waals surface area contributed by atoms with Crippen LogP contribution >= 0.6 is 0 Å². The van der Waals surface area contributed by atoms with Gasteiger partial charge < -0.3 is 4.52 Å². The molecule has 0 saturated carbocycles. The van der Waals surface area contributed by atoms with E-state index in [0.717, 1.165) is 37.8 Å². The summed E-state index contributed by atoms with van der Waals surface area (Å²) in [6.45, 7) is 5.61. The topological polar surface area (TPSA) is 45.4 Å². The Labute approximate surface area is 143 Å². The number of rotatable bonds is 5. The van der Waals surface area contributed by atoms with Crippen molar-refractivity contribution in [3.8, 4) is 0 Å². The summed E-state index contributed by atoms with van der Waals surface area (Å²) in [5.74, 6) is 1.53. The van der Waals surface area contributed by atoms with E-state index in [-0.39, 0.29) is 0 Å². The fraction of sp³-hybridized carbons (Fsp3) is 0.579. The Balaban J connectivity index is 1.33. The molecule has 2 fully saturated rings. The molecule has 0 aliphatic carbocycles. The molecule has 2 aliphatic heterocycles. The second-order valence-corrected chi connectivity index (χ2v) is 7.04. The minimum absolute atomic E-state index is 0.716. The lowest BCUT2D eigenvalue weighted by Crippen LogP contribution is -2.46. The van der Waals surface area contributed by atoms with Crippen LogP contribution in [0.1, 0.15) is 43.0 Å². The number of hydrogen-bond acceptors (Lipinski definition) is 5. The second-order valence-electron chi connectivity index (χ2n) is 7.04. The molecule has 0 unspecified atom stereocenters. The van der Waals surface area contributed by atoms with E-state index >= 15 is 0 Å². The highest BCUT2D eigenvalue weighted by molar-refractivity contribution is 5.18. The first-order valence-corrected chi connectivity index (χ1v) is 9.18. The first-order valence-electron chi connectivity index (χ1n) is 9.18. The molecule has 1 aromatic carbocycles. The largest absolute Gasteiger partial charge is 0.338 e. The van der Waals surface area contributed by atoms with Gasteiger partial charge in [-0.05, 0) is 50.9 Å². The highest BCUT2D eigenvalue weighted by Crippen LogP contribution is 2.21. The van der Waals surface area contributed by atoms with Crippen molar-refractivity contribution >= 4 is 0 Å². The molecule has 0 N–H and O–H groups in total. The van der Waals surface area contributed by atoms with Gasteiger partial charge in [-0.15, -0.1) is 0 Å². The van der Waals surface area contributed by atoms with E-state index in [4.69, 9.17) is 4.52 Å². The predicted molar refractivity (Wildman–Crippen MR) is 92.7 cm³/mol. The van der Waals surface area contributed by atoms with E-state index in [0.29, 0.717) is 6.04 Å². The van der Waals surface area contributed by atoms with Crippen molar-refractivity contribution in [1.29, 1.82) is 0 Å². The van der Waals surface area contributed by atoms with E-state index in [2.05, 4.69) is 32.1 Å². The maximum atomic E-state index is 5.48. The van der Waals surface area contributed by atoms with Gasteiger partial charge in [0.25, 0.3) is 0 Å². The van der Waals surface area contributed by atoms with Gasteiger partial charge in [-0.25, -0.2) is 0 Å². The third-order valence-electron chi connectivity index (χ3n) is 5.21. The molecule has 0 spiro atoms. The van der Waals surface area contributed by atoms with Crippen molar-refractivity contribution in [2.75, 3.05) is 26.2 Å². The molecule has 1 aromatic heterocycles. The maximum absolute atomic E-state index is 5.48. The van der Waals surface area contributed by atoms with Crippen molar-refractivity contribution < 1.29 is 4.52 Å². The summed E-state index contributed by atoms with van der Waals surface area (Å²) in [6.07, 6.45) is 6.07. The highest BCUT2D eigenvalue weighted by Gasteiger charge is 2.27. The lowest BCUT2D eigenvalue weighted by molar-refractivity contribution is 0.102. The van der Waals surface area contributed by atoms with Gasteiger partial charge in [0.05, 0.1) is 6.54 Å². The second kappa shape index (κ2) is 7.45. The smallest absolute Gasteiger partial charge is 0.240 e. The van der Waals surface area contributed by atoms with Gasteiger partial charge in [-0.1, -0.05) is 35.5 Å². The molecule has 2 aromatic rings. The lowest BCUT2D eigenvalue weighted by atomic mass is 10.0. The molecule has 2 aliphatic rings. The first-order chi connectivity index (χ1) is 11.9.